The molecule has 0 bridgehead atoms. The van der Waals surface area contributed by atoms with Crippen LogP contribution in [0, 0.1) is 18.6 Å². The van der Waals surface area contributed by atoms with Crippen LogP contribution in [0.1, 0.15) is 15.2 Å². The molecule has 0 unspecified atom stereocenters. The molecule has 1 aromatic heterocycles. The summed E-state index contributed by atoms with van der Waals surface area (Å²) in [6.45, 7) is 1.62. The van der Waals surface area contributed by atoms with E-state index in [1.54, 1.807) is 25.1 Å². The highest BCUT2D eigenvalue weighted by molar-refractivity contribution is 7.92. The number of rotatable bonds is 5. The zero-order valence-corrected chi connectivity index (χ0v) is 15.5. The summed E-state index contributed by atoms with van der Waals surface area (Å²) in [7, 11) is -4.02. The number of carboxylic acids is 1. The normalized spacial score (nSPS) is 11.4. The monoisotopic (exact) mass is 409 g/mol. The molecular formula is C18H13F2NO4S2. The van der Waals surface area contributed by atoms with Gasteiger partial charge in [0.2, 0.25) is 0 Å². The van der Waals surface area contributed by atoms with Crippen molar-refractivity contribution in [2.45, 2.75) is 11.8 Å². The van der Waals surface area contributed by atoms with Gasteiger partial charge in [0.05, 0.1) is 10.6 Å². The van der Waals surface area contributed by atoms with Crippen LogP contribution in [-0.4, -0.2) is 19.5 Å². The fraction of sp³-hybridized carbons (Fsp3) is 0.0556. The molecule has 0 amide bonds. The van der Waals surface area contributed by atoms with E-state index in [4.69, 9.17) is 0 Å². The highest BCUT2D eigenvalue weighted by Crippen LogP contribution is 2.36. The molecule has 0 radical (unpaired) electrons. The van der Waals surface area contributed by atoms with Crippen molar-refractivity contribution in [2.75, 3.05) is 4.72 Å². The van der Waals surface area contributed by atoms with Crippen LogP contribution in [0.15, 0.2) is 53.4 Å². The minimum Gasteiger partial charge on any atom is -0.477 e. The van der Waals surface area contributed by atoms with Crippen LogP contribution < -0.4 is 4.72 Å². The molecule has 2 N–H and O–H groups in total. The number of halogens is 2. The predicted octanol–water partition coefficient (Wildman–Crippen LogP) is 4.50. The van der Waals surface area contributed by atoms with E-state index >= 15 is 0 Å². The van der Waals surface area contributed by atoms with Crippen molar-refractivity contribution < 1.29 is 27.1 Å². The molecule has 3 rings (SSSR count). The molecule has 0 aliphatic carbocycles. The molecule has 0 saturated carbocycles. The first-order valence-corrected chi connectivity index (χ1v) is 9.90. The van der Waals surface area contributed by atoms with E-state index in [-0.39, 0.29) is 25.9 Å². The number of thiophene rings is 1. The van der Waals surface area contributed by atoms with E-state index in [0.717, 1.165) is 23.5 Å². The van der Waals surface area contributed by atoms with Gasteiger partial charge in [-0.05, 0) is 42.3 Å². The van der Waals surface area contributed by atoms with Gasteiger partial charge in [-0.15, -0.1) is 11.3 Å². The Bertz CT molecular complexity index is 1140. The predicted molar refractivity (Wildman–Crippen MR) is 98.6 cm³/mol. The Morgan fingerprint density at radius 1 is 1.07 bits per heavy atom. The first kappa shape index (κ1) is 19.0. The fourth-order valence-corrected chi connectivity index (χ4v) is 4.80. The zero-order valence-electron chi connectivity index (χ0n) is 13.9. The average Bonchev–Trinajstić information content (AvgIpc) is 3.01. The molecule has 1 heterocycles. The quantitative estimate of drug-likeness (QED) is 0.650. The lowest BCUT2D eigenvalue weighted by atomic mass is 10.2. The van der Waals surface area contributed by atoms with Crippen molar-refractivity contribution in [1.82, 2.24) is 0 Å². The van der Waals surface area contributed by atoms with Crippen molar-refractivity contribution in [1.29, 1.82) is 0 Å². The maximum absolute atomic E-state index is 13.5. The third-order valence-corrected chi connectivity index (χ3v) is 6.46. The number of carboxylic acid groups (broad SMARTS) is 1. The zero-order chi connectivity index (χ0) is 19.8. The number of benzene rings is 2. The summed E-state index contributed by atoms with van der Waals surface area (Å²) in [5.74, 6) is -3.45. The molecule has 0 aliphatic heterocycles. The van der Waals surface area contributed by atoms with Gasteiger partial charge < -0.3 is 5.11 Å². The number of aromatic carboxylic acids is 1. The highest BCUT2D eigenvalue weighted by atomic mass is 32.2. The average molecular weight is 409 g/mol. The lowest BCUT2D eigenvalue weighted by molar-refractivity contribution is 0.0703. The second-order valence-electron chi connectivity index (χ2n) is 5.66. The van der Waals surface area contributed by atoms with Gasteiger partial charge in [-0.1, -0.05) is 24.3 Å². The molecule has 3 aromatic rings. The van der Waals surface area contributed by atoms with E-state index in [1.165, 1.54) is 18.2 Å². The SMILES string of the molecule is Cc1ccccc1S(=O)(=O)Nc1cc(-c2ccc(F)c(F)c2)sc1C(=O)O. The number of nitrogens with one attached hydrogen (secondary N) is 1. The molecule has 0 saturated heterocycles. The molecule has 0 atom stereocenters. The molecular weight excluding hydrogens is 396 g/mol. The third kappa shape index (κ3) is 3.83. The van der Waals surface area contributed by atoms with E-state index in [1.807, 2.05) is 0 Å². The molecule has 2 aromatic carbocycles. The topological polar surface area (TPSA) is 83.5 Å². The molecule has 9 heteroatoms. The number of carbonyl (C=O) groups is 1. The summed E-state index contributed by atoms with van der Waals surface area (Å²) in [5, 5.41) is 9.39. The maximum Gasteiger partial charge on any atom is 0.348 e. The number of sulfonamides is 1. The first-order chi connectivity index (χ1) is 12.7. The Labute approximate surface area is 158 Å². The largest absolute Gasteiger partial charge is 0.477 e. The number of hydrogen-bond donors (Lipinski definition) is 2. The minimum atomic E-state index is -4.02. The molecule has 140 valence electrons. The highest BCUT2D eigenvalue weighted by Gasteiger charge is 2.23. The summed E-state index contributed by atoms with van der Waals surface area (Å²) >= 11 is 0.760. The minimum absolute atomic E-state index is 0.0157. The Hall–Kier alpha value is -2.78. The van der Waals surface area contributed by atoms with Crippen molar-refractivity contribution in [3.63, 3.8) is 0 Å². The number of anilines is 1. The van der Waals surface area contributed by atoms with E-state index in [9.17, 15) is 27.1 Å². The van der Waals surface area contributed by atoms with Crippen molar-refractivity contribution in [3.05, 3.63) is 70.6 Å². The summed E-state index contributed by atoms with van der Waals surface area (Å²) in [4.78, 5) is 11.6. The standard InChI is InChI=1S/C18H13F2NO4S2/c1-10-4-2-3-5-16(10)27(24,25)21-14-9-15(26-17(14)18(22)23)11-6-7-12(19)13(20)8-11/h2-9,21H,1H3,(H,22,23). The Kier molecular flexibility index (Phi) is 4.99. The van der Waals surface area contributed by atoms with Gasteiger partial charge in [0.15, 0.2) is 11.6 Å². The van der Waals surface area contributed by atoms with Gasteiger partial charge in [-0.2, -0.15) is 0 Å². The fourth-order valence-electron chi connectivity index (χ4n) is 2.48. The smallest absolute Gasteiger partial charge is 0.348 e. The van der Waals surface area contributed by atoms with Crippen LogP contribution in [0.2, 0.25) is 0 Å². The van der Waals surface area contributed by atoms with Gasteiger partial charge >= 0.3 is 5.97 Å². The maximum atomic E-state index is 13.5. The van der Waals surface area contributed by atoms with Crippen LogP contribution in [0.25, 0.3) is 10.4 Å². The van der Waals surface area contributed by atoms with Crippen LogP contribution in [-0.2, 0) is 10.0 Å². The molecule has 0 aliphatic rings. The first-order valence-electron chi connectivity index (χ1n) is 7.60. The second-order valence-corrected chi connectivity index (χ2v) is 8.36. The lowest BCUT2D eigenvalue weighted by Gasteiger charge is -2.09. The van der Waals surface area contributed by atoms with Gasteiger partial charge in [-0.25, -0.2) is 22.0 Å². The number of hydrogen-bond acceptors (Lipinski definition) is 4. The summed E-state index contributed by atoms with van der Waals surface area (Å²) in [6.07, 6.45) is 0. The molecule has 27 heavy (non-hydrogen) atoms. The lowest BCUT2D eigenvalue weighted by Crippen LogP contribution is -2.15. The summed E-state index contributed by atoms with van der Waals surface area (Å²) in [6, 6.07) is 10.7. The van der Waals surface area contributed by atoms with E-state index in [2.05, 4.69) is 4.72 Å². The van der Waals surface area contributed by atoms with Crippen LogP contribution >= 0.6 is 11.3 Å². The van der Waals surface area contributed by atoms with Gasteiger partial charge in [0.1, 0.15) is 4.88 Å². The van der Waals surface area contributed by atoms with Gasteiger partial charge in [-0.3, -0.25) is 4.72 Å². The van der Waals surface area contributed by atoms with Crippen LogP contribution in [0.5, 0.6) is 0 Å². The summed E-state index contributed by atoms with van der Waals surface area (Å²) < 4.78 is 54.1. The van der Waals surface area contributed by atoms with Gasteiger partial charge in [0, 0.05) is 4.88 Å². The second kappa shape index (κ2) is 7.09. The Morgan fingerprint density at radius 3 is 2.41 bits per heavy atom. The molecule has 5 nitrogen and oxygen atoms in total. The van der Waals surface area contributed by atoms with Crippen LogP contribution in [0.3, 0.4) is 0 Å². The van der Waals surface area contributed by atoms with Crippen molar-refractivity contribution in [2.24, 2.45) is 0 Å². The van der Waals surface area contributed by atoms with Crippen LogP contribution in [0.4, 0.5) is 14.5 Å². The van der Waals surface area contributed by atoms with Gasteiger partial charge in [0.25, 0.3) is 10.0 Å². The summed E-state index contributed by atoms with van der Waals surface area (Å²) in [5.41, 5.74) is 0.594. The van der Waals surface area contributed by atoms with E-state index in [0.29, 0.717) is 5.56 Å². The van der Waals surface area contributed by atoms with E-state index < -0.39 is 27.6 Å². The van der Waals surface area contributed by atoms with Crippen molar-refractivity contribution >= 4 is 33.0 Å². The third-order valence-electron chi connectivity index (χ3n) is 3.76. The van der Waals surface area contributed by atoms with Crippen molar-refractivity contribution in [3.8, 4) is 10.4 Å². The molecule has 0 spiro atoms. The Morgan fingerprint density at radius 2 is 1.78 bits per heavy atom. The molecule has 0 fully saturated rings. The number of aryl methyl sites for hydroxylation is 1. The Balaban J connectivity index is 2.05.